The highest BCUT2D eigenvalue weighted by molar-refractivity contribution is 7.17. The summed E-state index contributed by atoms with van der Waals surface area (Å²) >= 11 is 1.60. The zero-order valence-corrected chi connectivity index (χ0v) is 13.1. The number of aliphatic hydroxyl groups is 1. The Kier molecular flexibility index (Phi) is 3.97. The van der Waals surface area contributed by atoms with Gasteiger partial charge in [-0.3, -0.25) is 4.79 Å². The monoisotopic (exact) mass is 304 g/mol. The molecule has 1 aliphatic heterocycles. The van der Waals surface area contributed by atoms with Crippen molar-refractivity contribution in [2.24, 2.45) is 0 Å². The van der Waals surface area contributed by atoms with Gasteiger partial charge in [-0.2, -0.15) is 0 Å². The van der Waals surface area contributed by atoms with Gasteiger partial charge in [0.05, 0.1) is 11.7 Å². The summed E-state index contributed by atoms with van der Waals surface area (Å²) in [6.07, 6.45) is 0.246. The molecule has 1 aromatic heterocycles. The van der Waals surface area contributed by atoms with Crippen LogP contribution >= 0.6 is 11.3 Å². The van der Waals surface area contributed by atoms with Gasteiger partial charge < -0.3 is 14.9 Å². The molecule has 0 radical (unpaired) electrons. The number of β-amino-alcohol motifs (C(OH)–C–C–N with tert-alkyl or cyclic N) is 1. The number of benzene rings is 1. The second kappa shape index (κ2) is 5.75. The van der Waals surface area contributed by atoms with E-state index < -0.39 is 6.10 Å². The second-order valence-corrected chi connectivity index (χ2v) is 6.82. The molecule has 1 N–H and O–H groups in total. The van der Waals surface area contributed by atoms with E-state index >= 15 is 0 Å². The standard InChI is InChI=1S/C16H20N2O2S/c1-17(2)8-11-7-12(19)9-18(11)16(20)14-10-21-15-6-4-3-5-13(14)15/h3-6,10-12,19H,7-9H2,1-2H3. The lowest BCUT2D eigenvalue weighted by molar-refractivity contribution is 0.0701. The summed E-state index contributed by atoms with van der Waals surface area (Å²) < 4.78 is 1.13. The molecule has 2 heterocycles. The van der Waals surface area contributed by atoms with Crippen molar-refractivity contribution in [2.45, 2.75) is 18.6 Å². The summed E-state index contributed by atoms with van der Waals surface area (Å²) in [5, 5.41) is 12.9. The maximum Gasteiger partial charge on any atom is 0.255 e. The smallest absolute Gasteiger partial charge is 0.255 e. The van der Waals surface area contributed by atoms with Gasteiger partial charge in [0, 0.05) is 34.6 Å². The van der Waals surface area contributed by atoms with Gasteiger partial charge in [0.15, 0.2) is 0 Å². The molecule has 1 amide bonds. The van der Waals surface area contributed by atoms with Crippen LogP contribution in [0.15, 0.2) is 29.6 Å². The van der Waals surface area contributed by atoms with E-state index in [1.54, 1.807) is 11.3 Å². The first-order chi connectivity index (χ1) is 10.1. The van der Waals surface area contributed by atoms with Crippen LogP contribution in [-0.4, -0.2) is 60.1 Å². The van der Waals surface area contributed by atoms with Crippen molar-refractivity contribution in [3.8, 4) is 0 Å². The van der Waals surface area contributed by atoms with Crippen molar-refractivity contribution in [2.75, 3.05) is 27.2 Å². The molecular formula is C16H20N2O2S. The van der Waals surface area contributed by atoms with Crippen molar-refractivity contribution in [1.29, 1.82) is 0 Å². The highest BCUT2D eigenvalue weighted by Crippen LogP contribution is 2.29. The number of rotatable bonds is 3. The van der Waals surface area contributed by atoms with E-state index in [1.807, 2.05) is 48.6 Å². The Morgan fingerprint density at radius 1 is 1.43 bits per heavy atom. The fourth-order valence-corrected chi connectivity index (χ4v) is 3.97. The predicted molar refractivity (Wildman–Crippen MR) is 85.8 cm³/mol. The van der Waals surface area contributed by atoms with E-state index in [-0.39, 0.29) is 11.9 Å². The number of hydrogen-bond donors (Lipinski definition) is 1. The Balaban J connectivity index is 1.90. The SMILES string of the molecule is CN(C)CC1CC(O)CN1C(=O)c1csc2ccccc12. The molecule has 1 saturated heterocycles. The number of carbonyl (C=O) groups excluding carboxylic acids is 1. The number of thiophene rings is 1. The van der Waals surface area contributed by atoms with Crippen LogP contribution < -0.4 is 0 Å². The Bertz CT molecular complexity index is 653. The van der Waals surface area contributed by atoms with Crippen LogP contribution in [0, 0.1) is 0 Å². The molecule has 0 saturated carbocycles. The summed E-state index contributed by atoms with van der Waals surface area (Å²) in [4.78, 5) is 16.8. The van der Waals surface area contributed by atoms with E-state index in [0.29, 0.717) is 13.0 Å². The van der Waals surface area contributed by atoms with Crippen LogP contribution in [0.3, 0.4) is 0 Å². The molecule has 0 aliphatic carbocycles. The highest BCUT2D eigenvalue weighted by Gasteiger charge is 2.35. The number of carbonyl (C=O) groups is 1. The average Bonchev–Trinajstić information content (AvgIpc) is 3.01. The lowest BCUT2D eigenvalue weighted by Crippen LogP contribution is -2.41. The quantitative estimate of drug-likeness (QED) is 0.944. The van der Waals surface area contributed by atoms with Gasteiger partial charge >= 0.3 is 0 Å². The number of likely N-dealkylation sites (tertiary alicyclic amines) is 1. The first-order valence-electron chi connectivity index (χ1n) is 7.16. The van der Waals surface area contributed by atoms with E-state index in [9.17, 15) is 9.90 Å². The minimum Gasteiger partial charge on any atom is -0.391 e. The largest absolute Gasteiger partial charge is 0.391 e. The van der Waals surface area contributed by atoms with Crippen LogP contribution in [0.25, 0.3) is 10.1 Å². The molecule has 1 aromatic carbocycles. The van der Waals surface area contributed by atoms with Crippen molar-refractivity contribution in [1.82, 2.24) is 9.80 Å². The second-order valence-electron chi connectivity index (χ2n) is 5.91. The summed E-state index contributed by atoms with van der Waals surface area (Å²) in [6.45, 7) is 1.21. The topological polar surface area (TPSA) is 43.8 Å². The van der Waals surface area contributed by atoms with Gasteiger partial charge in [0.1, 0.15) is 0 Å². The van der Waals surface area contributed by atoms with Crippen LogP contribution in [0.4, 0.5) is 0 Å². The van der Waals surface area contributed by atoms with Gasteiger partial charge in [-0.05, 0) is 26.6 Å². The third-order valence-electron chi connectivity index (χ3n) is 3.94. The Morgan fingerprint density at radius 2 is 2.19 bits per heavy atom. The number of hydrogen-bond acceptors (Lipinski definition) is 4. The number of aliphatic hydroxyl groups excluding tert-OH is 1. The zero-order valence-electron chi connectivity index (χ0n) is 12.3. The van der Waals surface area contributed by atoms with Gasteiger partial charge in [0.25, 0.3) is 5.91 Å². The zero-order chi connectivity index (χ0) is 15.0. The van der Waals surface area contributed by atoms with E-state index in [4.69, 9.17) is 0 Å². The molecule has 1 fully saturated rings. The molecule has 2 unspecified atom stereocenters. The minimum atomic E-state index is -0.413. The molecule has 5 heteroatoms. The Morgan fingerprint density at radius 3 is 2.95 bits per heavy atom. The highest BCUT2D eigenvalue weighted by atomic mass is 32.1. The maximum absolute atomic E-state index is 12.9. The summed E-state index contributed by atoms with van der Waals surface area (Å²) in [7, 11) is 3.99. The molecule has 2 atom stereocenters. The lowest BCUT2D eigenvalue weighted by atomic mass is 10.1. The van der Waals surface area contributed by atoms with Crippen molar-refractivity contribution < 1.29 is 9.90 Å². The van der Waals surface area contributed by atoms with E-state index in [2.05, 4.69) is 4.90 Å². The fourth-order valence-electron chi connectivity index (χ4n) is 3.03. The maximum atomic E-state index is 12.9. The number of nitrogens with zero attached hydrogens (tertiary/aromatic N) is 2. The van der Waals surface area contributed by atoms with Crippen molar-refractivity contribution >= 4 is 27.3 Å². The molecule has 2 aromatic rings. The molecule has 4 nitrogen and oxygen atoms in total. The van der Waals surface area contributed by atoms with Gasteiger partial charge in [0.2, 0.25) is 0 Å². The number of likely N-dealkylation sites (N-methyl/N-ethyl adjacent to an activating group) is 1. The molecule has 21 heavy (non-hydrogen) atoms. The molecular weight excluding hydrogens is 284 g/mol. The normalized spacial score (nSPS) is 22.4. The Hall–Kier alpha value is -1.43. The minimum absolute atomic E-state index is 0.0378. The van der Waals surface area contributed by atoms with Crippen LogP contribution in [-0.2, 0) is 0 Å². The Labute approximate surface area is 128 Å². The van der Waals surface area contributed by atoms with E-state index in [0.717, 1.165) is 22.2 Å². The van der Waals surface area contributed by atoms with Crippen molar-refractivity contribution in [3.05, 3.63) is 35.2 Å². The van der Waals surface area contributed by atoms with Gasteiger partial charge in [-0.15, -0.1) is 11.3 Å². The molecule has 0 spiro atoms. The number of fused-ring (bicyclic) bond motifs is 1. The molecule has 0 bridgehead atoms. The van der Waals surface area contributed by atoms with Crippen LogP contribution in [0.5, 0.6) is 0 Å². The average molecular weight is 304 g/mol. The summed E-state index contributed by atoms with van der Waals surface area (Å²) in [5.41, 5.74) is 0.758. The molecule has 112 valence electrons. The lowest BCUT2D eigenvalue weighted by Gasteiger charge is -2.26. The predicted octanol–water partition coefficient (Wildman–Crippen LogP) is 2.04. The third kappa shape index (κ3) is 2.81. The van der Waals surface area contributed by atoms with Crippen LogP contribution in [0.1, 0.15) is 16.8 Å². The fraction of sp³-hybridized carbons (Fsp3) is 0.438. The first kappa shape index (κ1) is 14.5. The van der Waals surface area contributed by atoms with Crippen molar-refractivity contribution in [3.63, 3.8) is 0 Å². The van der Waals surface area contributed by atoms with Gasteiger partial charge in [-0.1, -0.05) is 18.2 Å². The number of amides is 1. The van der Waals surface area contributed by atoms with E-state index in [1.165, 1.54) is 0 Å². The van der Waals surface area contributed by atoms with Gasteiger partial charge in [-0.25, -0.2) is 0 Å². The summed E-state index contributed by atoms with van der Waals surface area (Å²) in [5.74, 6) is 0.0378. The van der Waals surface area contributed by atoms with Crippen LogP contribution in [0.2, 0.25) is 0 Å². The molecule has 3 rings (SSSR count). The third-order valence-corrected chi connectivity index (χ3v) is 4.90. The summed E-state index contributed by atoms with van der Waals surface area (Å²) in [6, 6.07) is 8.06. The molecule has 1 aliphatic rings. The first-order valence-corrected chi connectivity index (χ1v) is 8.04.